The lowest BCUT2D eigenvalue weighted by Crippen LogP contribution is -2.44. The number of ether oxygens (including phenoxy) is 2. The minimum Gasteiger partial charge on any atom is -0.480 e. The summed E-state index contributed by atoms with van der Waals surface area (Å²) in [5.74, 6) is 0.506. The zero-order chi connectivity index (χ0) is 21.9. The van der Waals surface area contributed by atoms with E-state index in [1.807, 2.05) is 13.0 Å². The molecule has 0 saturated carbocycles. The second-order valence-electron chi connectivity index (χ2n) is 7.18. The smallest absolute Gasteiger partial charge is 0.416 e. The van der Waals surface area contributed by atoms with Gasteiger partial charge in [-0.3, -0.25) is 4.79 Å². The Bertz CT molecular complexity index is 901. The number of methoxy groups -OCH3 is 1. The van der Waals surface area contributed by atoms with Crippen LogP contribution >= 0.6 is 0 Å². The number of amides is 1. The van der Waals surface area contributed by atoms with Crippen LogP contribution in [-0.4, -0.2) is 43.8 Å². The molecule has 0 radical (unpaired) electrons. The molecule has 0 spiro atoms. The molecule has 1 saturated heterocycles. The number of anilines is 1. The molecule has 162 valence electrons. The molecule has 0 bridgehead atoms. The van der Waals surface area contributed by atoms with Crippen molar-refractivity contribution in [3.63, 3.8) is 0 Å². The van der Waals surface area contributed by atoms with E-state index >= 15 is 0 Å². The number of benzene rings is 1. The molecule has 1 aromatic carbocycles. The van der Waals surface area contributed by atoms with E-state index in [9.17, 15) is 18.0 Å². The minimum atomic E-state index is -4.39. The Labute approximate surface area is 173 Å². The first-order valence-electron chi connectivity index (χ1n) is 9.55. The molecule has 30 heavy (non-hydrogen) atoms. The number of aromatic nitrogens is 1. The third kappa shape index (κ3) is 4.84. The van der Waals surface area contributed by atoms with Gasteiger partial charge in [-0.2, -0.15) is 18.2 Å². The van der Waals surface area contributed by atoms with Crippen molar-refractivity contribution in [1.82, 2.24) is 10.3 Å². The number of nitrogens with one attached hydrogen (secondary N) is 1. The predicted molar refractivity (Wildman–Crippen MR) is 106 cm³/mol. The number of rotatable bonds is 5. The third-order valence-electron chi connectivity index (χ3n) is 4.99. The van der Waals surface area contributed by atoms with E-state index < -0.39 is 17.6 Å². The molecular formula is C21H24F3N3O3. The maximum Gasteiger partial charge on any atom is 0.416 e. The Morgan fingerprint density at radius 1 is 1.33 bits per heavy atom. The maximum atomic E-state index is 12.8. The summed E-state index contributed by atoms with van der Waals surface area (Å²) in [6.45, 7) is 5.80. The molecule has 9 heteroatoms. The van der Waals surface area contributed by atoms with E-state index in [0.29, 0.717) is 42.3 Å². The van der Waals surface area contributed by atoms with Crippen LogP contribution in [0.2, 0.25) is 0 Å². The molecule has 2 heterocycles. The summed E-state index contributed by atoms with van der Waals surface area (Å²) in [5, 5.41) is 2.72. The fraction of sp³-hybridized carbons (Fsp3) is 0.429. The summed E-state index contributed by atoms with van der Waals surface area (Å²) < 4.78 is 48.8. The van der Waals surface area contributed by atoms with Crippen molar-refractivity contribution in [3.8, 4) is 5.88 Å². The summed E-state index contributed by atoms with van der Waals surface area (Å²) in [4.78, 5) is 19.4. The predicted octanol–water partition coefficient (Wildman–Crippen LogP) is 3.57. The molecule has 1 aliphatic heterocycles. The highest BCUT2D eigenvalue weighted by Crippen LogP contribution is 2.29. The monoisotopic (exact) mass is 423 g/mol. The van der Waals surface area contributed by atoms with Crippen molar-refractivity contribution in [1.29, 1.82) is 0 Å². The number of hydrogen-bond acceptors (Lipinski definition) is 5. The average molecular weight is 423 g/mol. The number of morpholine rings is 1. The van der Waals surface area contributed by atoms with Gasteiger partial charge < -0.3 is 19.7 Å². The van der Waals surface area contributed by atoms with E-state index in [-0.39, 0.29) is 18.5 Å². The number of aryl methyl sites for hydroxylation is 1. The maximum absolute atomic E-state index is 12.8. The molecule has 1 N–H and O–H groups in total. The van der Waals surface area contributed by atoms with Gasteiger partial charge in [0.15, 0.2) is 0 Å². The topological polar surface area (TPSA) is 63.7 Å². The van der Waals surface area contributed by atoms with Gasteiger partial charge in [0, 0.05) is 13.1 Å². The van der Waals surface area contributed by atoms with Crippen molar-refractivity contribution in [2.75, 3.05) is 31.8 Å². The second-order valence-corrected chi connectivity index (χ2v) is 7.18. The van der Waals surface area contributed by atoms with Crippen molar-refractivity contribution in [3.05, 3.63) is 52.6 Å². The van der Waals surface area contributed by atoms with Gasteiger partial charge in [0.05, 0.1) is 31.9 Å². The normalized spacial score (nSPS) is 17.0. The summed E-state index contributed by atoms with van der Waals surface area (Å²) in [7, 11) is 1.45. The lowest BCUT2D eigenvalue weighted by molar-refractivity contribution is -0.137. The number of hydrogen-bond donors (Lipinski definition) is 1. The van der Waals surface area contributed by atoms with Crippen LogP contribution in [-0.2, 0) is 17.5 Å². The van der Waals surface area contributed by atoms with Gasteiger partial charge >= 0.3 is 6.18 Å². The van der Waals surface area contributed by atoms with E-state index in [0.717, 1.165) is 12.1 Å². The van der Waals surface area contributed by atoms with E-state index in [4.69, 9.17) is 9.47 Å². The van der Waals surface area contributed by atoms with Gasteiger partial charge in [-0.25, -0.2) is 0 Å². The molecule has 1 fully saturated rings. The highest BCUT2D eigenvalue weighted by molar-refractivity contribution is 5.98. The van der Waals surface area contributed by atoms with E-state index in [1.54, 1.807) is 6.92 Å². The van der Waals surface area contributed by atoms with E-state index in [2.05, 4.69) is 15.2 Å². The largest absolute Gasteiger partial charge is 0.480 e. The van der Waals surface area contributed by atoms with Crippen LogP contribution in [0.4, 0.5) is 19.0 Å². The third-order valence-corrected chi connectivity index (χ3v) is 4.99. The van der Waals surface area contributed by atoms with Gasteiger partial charge in [-0.15, -0.1) is 0 Å². The van der Waals surface area contributed by atoms with Crippen LogP contribution in [0.1, 0.15) is 34.0 Å². The first kappa shape index (κ1) is 21.9. The fourth-order valence-electron chi connectivity index (χ4n) is 3.35. The molecule has 2 aromatic rings. The standard InChI is InChI=1S/C21H24F3N3O3/c1-13-10-17(27-8-9-30-12-14(27)2)26-20(29-3)18(13)19(28)25-11-15-4-6-16(7-5-15)21(22,23)24/h4-7,10,14H,8-9,11-12H2,1-3H3,(H,25,28)/t14-/m1/s1. The van der Waals surface area contributed by atoms with Crippen LogP contribution in [0.3, 0.4) is 0 Å². The second kappa shape index (κ2) is 8.91. The van der Waals surface area contributed by atoms with Crippen molar-refractivity contribution >= 4 is 11.7 Å². The van der Waals surface area contributed by atoms with Gasteiger partial charge in [-0.05, 0) is 43.2 Å². The van der Waals surface area contributed by atoms with Gasteiger partial charge in [0.25, 0.3) is 5.91 Å². The van der Waals surface area contributed by atoms with Crippen molar-refractivity contribution in [2.24, 2.45) is 0 Å². The molecular weight excluding hydrogens is 399 g/mol. The molecule has 3 rings (SSSR count). The molecule has 0 unspecified atom stereocenters. The van der Waals surface area contributed by atoms with E-state index in [1.165, 1.54) is 19.2 Å². The molecule has 1 aromatic heterocycles. The average Bonchev–Trinajstić information content (AvgIpc) is 2.71. The Balaban J connectivity index is 1.75. The lowest BCUT2D eigenvalue weighted by Gasteiger charge is -2.34. The zero-order valence-corrected chi connectivity index (χ0v) is 17.0. The minimum absolute atomic E-state index is 0.0851. The Morgan fingerprint density at radius 2 is 2.03 bits per heavy atom. The van der Waals surface area contributed by atoms with Crippen LogP contribution in [0.15, 0.2) is 30.3 Å². The Hall–Kier alpha value is -2.81. The number of alkyl halides is 3. The van der Waals surface area contributed by atoms with Crippen molar-refractivity contribution < 1.29 is 27.4 Å². The Kier molecular flexibility index (Phi) is 6.50. The number of pyridine rings is 1. The quantitative estimate of drug-likeness (QED) is 0.797. The number of nitrogens with zero attached hydrogens (tertiary/aromatic N) is 2. The number of carbonyl (C=O) groups excluding carboxylic acids is 1. The summed E-state index contributed by atoms with van der Waals surface area (Å²) in [5.41, 5.74) is 0.821. The van der Waals surface area contributed by atoms with Crippen LogP contribution in [0.5, 0.6) is 5.88 Å². The molecule has 6 nitrogen and oxygen atoms in total. The van der Waals surface area contributed by atoms with Gasteiger partial charge in [0.2, 0.25) is 5.88 Å². The zero-order valence-electron chi connectivity index (χ0n) is 17.0. The molecule has 1 amide bonds. The molecule has 1 aliphatic rings. The molecule has 1 atom stereocenters. The highest BCUT2D eigenvalue weighted by Gasteiger charge is 2.30. The number of halogens is 3. The summed E-state index contributed by atoms with van der Waals surface area (Å²) in [6, 6.07) is 6.65. The van der Waals surface area contributed by atoms with Gasteiger partial charge in [-0.1, -0.05) is 12.1 Å². The van der Waals surface area contributed by atoms with Crippen LogP contribution in [0.25, 0.3) is 0 Å². The van der Waals surface area contributed by atoms with Crippen molar-refractivity contribution in [2.45, 2.75) is 32.6 Å². The SMILES string of the molecule is COc1nc(N2CCOC[C@H]2C)cc(C)c1C(=O)NCc1ccc(C(F)(F)F)cc1. The first-order chi connectivity index (χ1) is 14.2. The first-order valence-corrected chi connectivity index (χ1v) is 9.55. The highest BCUT2D eigenvalue weighted by atomic mass is 19.4. The van der Waals surface area contributed by atoms with Gasteiger partial charge in [0.1, 0.15) is 11.4 Å². The fourth-order valence-corrected chi connectivity index (χ4v) is 3.35. The number of carbonyl (C=O) groups is 1. The Morgan fingerprint density at radius 3 is 2.63 bits per heavy atom. The lowest BCUT2D eigenvalue weighted by atomic mass is 10.1. The summed E-state index contributed by atoms with van der Waals surface area (Å²) >= 11 is 0. The summed E-state index contributed by atoms with van der Waals surface area (Å²) in [6.07, 6.45) is -4.39. The van der Waals surface area contributed by atoms with Crippen LogP contribution < -0.4 is 15.0 Å². The van der Waals surface area contributed by atoms with Crippen LogP contribution in [0, 0.1) is 6.92 Å². The molecule has 0 aliphatic carbocycles.